The van der Waals surface area contributed by atoms with Crippen molar-refractivity contribution in [2.45, 2.75) is 25.2 Å². The van der Waals surface area contributed by atoms with Gasteiger partial charge in [-0.25, -0.2) is 9.97 Å². The van der Waals surface area contributed by atoms with Gasteiger partial charge in [0.05, 0.1) is 28.4 Å². The molecule has 10 rings (SSSR count). The molecule has 0 aliphatic heterocycles. The summed E-state index contributed by atoms with van der Waals surface area (Å²) < 4.78 is 2.20. The molecule has 226 valence electrons. The molecule has 7 aromatic rings. The van der Waals surface area contributed by atoms with E-state index >= 15 is 0 Å². The number of hydrogen-bond acceptors (Lipinski definition) is 3. The molecule has 0 bridgehead atoms. The van der Waals surface area contributed by atoms with Crippen molar-refractivity contribution in [2.24, 2.45) is 5.92 Å². The predicted octanol–water partition coefficient (Wildman–Crippen LogP) is 9.90. The second-order valence-corrected chi connectivity index (χ2v) is 13.7. The Morgan fingerprint density at radius 3 is 2.46 bits per heavy atom. The molecule has 0 radical (unpaired) electrons. The third-order valence-corrected chi connectivity index (χ3v) is 10.8. The van der Waals surface area contributed by atoms with Gasteiger partial charge in [-0.3, -0.25) is 4.40 Å². The Labute approximate surface area is 278 Å². The minimum atomic E-state index is -0.211. The number of hydrogen-bond donors (Lipinski definition) is 0. The summed E-state index contributed by atoms with van der Waals surface area (Å²) in [4.78, 5) is 10.6. The maximum absolute atomic E-state index is 9.65. The lowest BCUT2D eigenvalue weighted by Crippen LogP contribution is -2.24. The number of aromatic nitrogens is 3. The monoisotopic (exact) mass is 614 g/mol. The lowest BCUT2D eigenvalue weighted by molar-refractivity contribution is 0.635. The molecule has 0 spiro atoms. The molecule has 0 N–H and O–H groups in total. The summed E-state index contributed by atoms with van der Waals surface area (Å²) in [5.41, 5.74) is 16.6. The molecule has 3 aliphatic rings. The first-order chi connectivity index (χ1) is 23.5. The Bertz CT molecular complexity index is 2680. The van der Waals surface area contributed by atoms with E-state index < -0.39 is 0 Å². The zero-order valence-corrected chi connectivity index (χ0v) is 26.6. The Hall–Kier alpha value is -6.05. The second kappa shape index (κ2) is 9.73. The van der Waals surface area contributed by atoms with Gasteiger partial charge in [0, 0.05) is 34.4 Å². The molecule has 4 nitrogen and oxygen atoms in total. The van der Waals surface area contributed by atoms with Crippen molar-refractivity contribution in [3.63, 3.8) is 0 Å². The molecule has 0 saturated heterocycles. The maximum Gasteiger partial charge on any atom is 0.137 e. The number of fused-ring (bicyclic) bond motifs is 10. The summed E-state index contributed by atoms with van der Waals surface area (Å²) >= 11 is 0. The van der Waals surface area contributed by atoms with E-state index in [1.54, 1.807) is 0 Å². The molecule has 4 aromatic carbocycles. The highest BCUT2D eigenvalue weighted by Gasteiger charge is 2.40. The fourth-order valence-electron chi connectivity index (χ4n) is 8.64. The largest absolute Gasteiger partial charge is 0.298 e. The number of nitriles is 1. The number of nitrogens with zero attached hydrogens (tertiary/aromatic N) is 4. The van der Waals surface area contributed by atoms with Gasteiger partial charge in [-0.05, 0) is 74.8 Å². The third-order valence-electron chi connectivity index (χ3n) is 10.8. The standard InChI is InChI=1S/C44H30N4/c1-44(2)35-23-26(25-45)18-20-28(35)29-21-19-27(24-36(29)44)39-30-11-3-5-13-32(30)40(33-14-6-4-12-31(33)39)42-43-41(34-15-7-8-16-37(34)46-42)47-38-17-9-10-22-48(38)43/h3-24,30,39H,1-2H3. The van der Waals surface area contributed by atoms with E-state index in [4.69, 9.17) is 9.97 Å². The van der Waals surface area contributed by atoms with Crippen LogP contribution in [0.1, 0.15) is 58.8 Å². The van der Waals surface area contributed by atoms with E-state index in [-0.39, 0.29) is 17.3 Å². The first-order valence-corrected chi connectivity index (χ1v) is 16.6. The quantitative estimate of drug-likeness (QED) is 0.195. The van der Waals surface area contributed by atoms with E-state index in [0.29, 0.717) is 5.56 Å². The molecule has 0 amide bonds. The molecular formula is C44H30N4. The lowest BCUT2D eigenvalue weighted by Gasteiger charge is -2.37. The van der Waals surface area contributed by atoms with Gasteiger partial charge in [0.15, 0.2) is 0 Å². The zero-order valence-electron chi connectivity index (χ0n) is 26.6. The molecule has 48 heavy (non-hydrogen) atoms. The average molecular weight is 615 g/mol. The van der Waals surface area contributed by atoms with Crippen LogP contribution >= 0.6 is 0 Å². The summed E-state index contributed by atoms with van der Waals surface area (Å²) in [5.74, 6) is 0.247. The van der Waals surface area contributed by atoms with Crippen molar-refractivity contribution < 1.29 is 0 Å². The van der Waals surface area contributed by atoms with Gasteiger partial charge in [0.2, 0.25) is 0 Å². The molecule has 0 saturated carbocycles. The van der Waals surface area contributed by atoms with Crippen LogP contribution in [0.2, 0.25) is 0 Å². The summed E-state index contributed by atoms with van der Waals surface area (Å²) in [6, 6.07) is 39.0. The van der Waals surface area contributed by atoms with Crippen LogP contribution in [0.25, 0.3) is 44.3 Å². The van der Waals surface area contributed by atoms with Crippen LogP contribution in [-0.2, 0) is 5.41 Å². The van der Waals surface area contributed by atoms with Crippen LogP contribution in [0.5, 0.6) is 0 Å². The molecule has 3 heterocycles. The molecule has 2 unspecified atom stereocenters. The molecule has 2 atom stereocenters. The van der Waals surface area contributed by atoms with Crippen LogP contribution < -0.4 is 0 Å². The van der Waals surface area contributed by atoms with Gasteiger partial charge in [0.1, 0.15) is 11.2 Å². The molecule has 0 fully saturated rings. The third kappa shape index (κ3) is 3.59. The van der Waals surface area contributed by atoms with Crippen LogP contribution in [0.15, 0.2) is 139 Å². The summed E-state index contributed by atoms with van der Waals surface area (Å²) in [5, 5.41) is 10.7. The molecule has 3 aliphatic carbocycles. The Morgan fingerprint density at radius 2 is 1.56 bits per heavy atom. The average Bonchev–Trinajstić information content (AvgIpc) is 3.63. The van der Waals surface area contributed by atoms with E-state index in [9.17, 15) is 5.26 Å². The normalized spacial score (nSPS) is 18.5. The fourth-order valence-corrected chi connectivity index (χ4v) is 8.64. The van der Waals surface area contributed by atoms with Crippen LogP contribution in [0, 0.1) is 17.2 Å². The van der Waals surface area contributed by atoms with Crippen molar-refractivity contribution in [3.8, 4) is 17.2 Å². The predicted molar refractivity (Wildman–Crippen MR) is 193 cm³/mol. The van der Waals surface area contributed by atoms with Gasteiger partial charge in [-0.15, -0.1) is 0 Å². The number of benzene rings is 4. The second-order valence-electron chi connectivity index (χ2n) is 13.7. The van der Waals surface area contributed by atoms with E-state index in [0.717, 1.165) is 33.3 Å². The van der Waals surface area contributed by atoms with Gasteiger partial charge in [-0.2, -0.15) is 5.26 Å². The van der Waals surface area contributed by atoms with E-state index in [2.05, 4.69) is 146 Å². The zero-order chi connectivity index (χ0) is 32.1. The van der Waals surface area contributed by atoms with E-state index in [1.165, 1.54) is 50.1 Å². The number of rotatable bonds is 2. The SMILES string of the molecule is CC1(C)c2cc(C#N)ccc2-c2ccc(C3c4ccccc4C(c4nc5ccccc5c5nc6ccccn6c45)=C4C=CC=CC43)cc21. The van der Waals surface area contributed by atoms with Crippen molar-refractivity contribution in [1.29, 1.82) is 5.26 Å². The van der Waals surface area contributed by atoms with Crippen molar-refractivity contribution in [2.75, 3.05) is 0 Å². The number of allylic oxidation sites excluding steroid dienone is 5. The van der Waals surface area contributed by atoms with Crippen LogP contribution in [0.4, 0.5) is 0 Å². The highest BCUT2D eigenvalue weighted by Crippen LogP contribution is 2.54. The van der Waals surface area contributed by atoms with Gasteiger partial charge in [-0.1, -0.05) is 111 Å². The first kappa shape index (κ1) is 27.1. The van der Waals surface area contributed by atoms with Crippen LogP contribution in [0.3, 0.4) is 0 Å². The fraction of sp³-hybridized carbons (Fsp3) is 0.114. The first-order valence-electron chi connectivity index (χ1n) is 16.6. The molecule has 3 aromatic heterocycles. The summed E-state index contributed by atoms with van der Waals surface area (Å²) in [7, 11) is 0. The molecular weight excluding hydrogens is 585 g/mol. The minimum absolute atomic E-state index is 0.123. The minimum Gasteiger partial charge on any atom is -0.298 e. The smallest absolute Gasteiger partial charge is 0.137 e. The highest BCUT2D eigenvalue weighted by atomic mass is 15.0. The maximum atomic E-state index is 9.65. The van der Waals surface area contributed by atoms with Crippen molar-refractivity contribution in [1.82, 2.24) is 14.4 Å². The van der Waals surface area contributed by atoms with Crippen molar-refractivity contribution >= 4 is 33.2 Å². The Morgan fingerprint density at radius 1 is 0.771 bits per heavy atom. The number of para-hydroxylation sites is 1. The Balaban J connectivity index is 1.23. The highest BCUT2D eigenvalue weighted by molar-refractivity contribution is 6.09. The lowest BCUT2D eigenvalue weighted by atomic mass is 9.66. The van der Waals surface area contributed by atoms with Crippen LogP contribution in [-0.4, -0.2) is 14.4 Å². The summed E-state index contributed by atoms with van der Waals surface area (Å²) in [6.07, 6.45) is 11.1. The van der Waals surface area contributed by atoms with Crippen molar-refractivity contribution in [3.05, 3.63) is 178 Å². The topological polar surface area (TPSA) is 54.0 Å². The van der Waals surface area contributed by atoms with Gasteiger partial charge >= 0.3 is 0 Å². The number of pyridine rings is 2. The summed E-state index contributed by atoms with van der Waals surface area (Å²) in [6.45, 7) is 4.58. The Kier molecular flexibility index (Phi) is 5.49. The van der Waals surface area contributed by atoms with Gasteiger partial charge in [0.25, 0.3) is 0 Å². The van der Waals surface area contributed by atoms with E-state index in [1.807, 2.05) is 12.1 Å². The number of imidazole rings is 1. The molecule has 4 heteroatoms. The van der Waals surface area contributed by atoms with Gasteiger partial charge < -0.3 is 0 Å².